The lowest BCUT2D eigenvalue weighted by molar-refractivity contribution is -0.137. The minimum absolute atomic E-state index is 0.00160. The molecular weight excluding hydrogens is 1400 g/mol. The van der Waals surface area contributed by atoms with Crippen LogP contribution >= 0.6 is 46.4 Å². The molecule has 21 nitrogen and oxygen atoms in total. The Morgan fingerprint density at radius 1 is 0.376 bits per heavy atom. The number of hydrogen-bond acceptors (Lipinski definition) is 13. The van der Waals surface area contributed by atoms with E-state index in [0.717, 1.165) is 12.1 Å². The first-order valence-electron chi connectivity index (χ1n) is 29.8. The molecule has 0 amide bonds. The average molecular weight is 1460 g/mol. The number of phenols is 4. The predicted octanol–water partition coefficient (Wildman–Crippen LogP) is 15.2. The summed E-state index contributed by atoms with van der Waals surface area (Å²) in [6, 6.07) is 38.0. The summed E-state index contributed by atoms with van der Waals surface area (Å²) in [6.45, 7) is 3.60. The van der Waals surface area contributed by atoms with Gasteiger partial charge in [-0.25, -0.2) is 4.39 Å². The summed E-state index contributed by atoms with van der Waals surface area (Å²) < 4.78 is 48.1. The lowest BCUT2D eigenvalue weighted by Gasteiger charge is -2.09. The van der Waals surface area contributed by atoms with E-state index in [1.807, 2.05) is 0 Å². The largest absolute Gasteiger partial charge is 0.508 e. The highest BCUT2D eigenvalue weighted by atomic mass is 35.5. The quantitative estimate of drug-likeness (QED) is 0.0501. The van der Waals surface area contributed by atoms with E-state index in [4.69, 9.17) is 66.8 Å². The second kappa shape index (κ2) is 30.7. The van der Waals surface area contributed by atoms with Gasteiger partial charge in [0.05, 0.1) is 57.8 Å². The van der Waals surface area contributed by atoms with Crippen LogP contribution in [-0.4, -0.2) is 113 Å². The summed E-state index contributed by atoms with van der Waals surface area (Å²) in [5, 5.41) is 78.8. The predicted molar refractivity (Wildman–Crippen MR) is 370 cm³/mol. The molecule has 8 aromatic carbocycles. The number of hydrogen-bond donors (Lipinski definition) is 8. The van der Waals surface area contributed by atoms with Crippen molar-refractivity contribution < 1.29 is 97.1 Å². The van der Waals surface area contributed by atoms with Gasteiger partial charge in [0, 0.05) is 82.7 Å². The number of aliphatic carboxylic acids is 4. The Hall–Kier alpha value is -11.6. The molecule has 0 atom stereocenters. The monoisotopic (exact) mass is 1460 g/mol. The molecule has 12 rings (SSSR count). The van der Waals surface area contributed by atoms with Crippen molar-refractivity contribution in [2.24, 2.45) is 0 Å². The average Bonchev–Trinajstić information content (AvgIpc) is 1.63. The molecule has 4 heterocycles. The number of aromatic nitrogens is 4. The number of carbonyl (C=O) groups is 8. The highest BCUT2D eigenvalue weighted by molar-refractivity contribution is 6.42. The first-order valence-corrected chi connectivity index (χ1v) is 31.3. The summed E-state index contributed by atoms with van der Waals surface area (Å²) in [6.07, 6.45) is -1.15. The van der Waals surface area contributed by atoms with Crippen molar-refractivity contribution in [2.45, 2.75) is 60.0 Å². The van der Waals surface area contributed by atoms with E-state index in [0.29, 0.717) is 115 Å². The maximum absolute atomic E-state index is 13.8. The van der Waals surface area contributed by atoms with Crippen LogP contribution in [-0.2, 0) is 44.9 Å². The molecular formula is C73H55Cl4F3N4O17. The smallest absolute Gasteiger partial charge is 0.387 e. The number of ether oxygens (including phenoxy) is 1. The van der Waals surface area contributed by atoms with Crippen molar-refractivity contribution in [3.05, 3.63) is 251 Å². The summed E-state index contributed by atoms with van der Waals surface area (Å²) in [7, 11) is 0. The van der Waals surface area contributed by atoms with Gasteiger partial charge in [-0.05, 0) is 202 Å². The van der Waals surface area contributed by atoms with Crippen LogP contribution in [0, 0.1) is 33.5 Å². The van der Waals surface area contributed by atoms with E-state index in [1.165, 1.54) is 109 Å². The van der Waals surface area contributed by atoms with Crippen LogP contribution < -0.4 is 4.74 Å². The van der Waals surface area contributed by atoms with Gasteiger partial charge in [-0.1, -0.05) is 46.4 Å². The van der Waals surface area contributed by atoms with Crippen LogP contribution in [0.15, 0.2) is 158 Å². The fraction of sp³-hybridized carbons (Fsp3) is 0.123. The molecule has 518 valence electrons. The maximum Gasteiger partial charge on any atom is 0.387 e. The number of phenolic OH excluding ortho intramolecular Hbond substituents is 4. The first kappa shape index (κ1) is 73.7. The number of alkyl halides is 2. The van der Waals surface area contributed by atoms with E-state index < -0.39 is 53.9 Å². The van der Waals surface area contributed by atoms with Gasteiger partial charge in [-0.15, -0.1) is 0 Å². The van der Waals surface area contributed by atoms with E-state index in [2.05, 4.69) is 4.74 Å². The molecule has 0 bridgehead atoms. The Balaban J connectivity index is 0.000000157. The number of benzene rings is 8. The number of carboxylic acids is 4. The zero-order chi connectivity index (χ0) is 73.7. The number of carboxylic acid groups (broad SMARTS) is 4. The molecule has 4 aromatic heterocycles. The molecule has 8 N–H and O–H groups in total. The van der Waals surface area contributed by atoms with Crippen LogP contribution in [0.1, 0.15) is 86.5 Å². The molecule has 0 fully saturated rings. The number of fused-ring (bicyclic) bond motifs is 4. The zero-order valence-electron chi connectivity index (χ0n) is 53.1. The van der Waals surface area contributed by atoms with Crippen molar-refractivity contribution in [3.8, 4) is 28.7 Å². The molecule has 0 aliphatic carbocycles. The zero-order valence-corrected chi connectivity index (χ0v) is 56.1. The molecule has 0 radical (unpaired) electrons. The van der Waals surface area contributed by atoms with Crippen molar-refractivity contribution >= 4 is 138 Å². The Morgan fingerprint density at radius 3 is 0.990 bits per heavy atom. The van der Waals surface area contributed by atoms with Crippen molar-refractivity contribution in [2.75, 3.05) is 0 Å². The Kier molecular flexibility index (Phi) is 22.4. The topological polar surface area (TPSA) is 327 Å². The fourth-order valence-electron chi connectivity index (χ4n) is 11.6. The summed E-state index contributed by atoms with van der Waals surface area (Å²) in [5.74, 6) is -7.32. The van der Waals surface area contributed by atoms with Gasteiger partial charge < -0.3 is 45.6 Å². The third-order valence-corrected chi connectivity index (χ3v) is 17.4. The Bertz CT molecular complexity index is 5340. The Morgan fingerprint density at radius 2 is 0.673 bits per heavy atom. The fourth-order valence-corrected chi connectivity index (χ4v) is 12.1. The highest BCUT2D eigenvalue weighted by Gasteiger charge is 2.27. The van der Waals surface area contributed by atoms with Crippen molar-refractivity contribution in [1.82, 2.24) is 18.3 Å². The van der Waals surface area contributed by atoms with E-state index in [9.17, 15) is 72.0 Å². The normalized spacial score (nSPS) is 11.0. The molecule has 101 heavy (non-hydrogen) atoms. The van der Waals surface area contributed by atoms with Gasteiger partial charge in [0.15, 0.2) is 11.6 Å². The SMILES string of the molecule is Cc1c(CC(=O)O)c2cc(O)c(F)cc2n1C(=O)c1ccc(Cl)cc1.Cc1c(CC(=O)O)c2cc(O)ccc2n1C(=O)c1ccc(Cl)c(Cl)c1.Cc1c(CC(=O)O)c2cc(O)ccc2n1C(=O)c1ccc(Cl)cc1.Cc1c(CC(=O)O)c2cc(O)ccc2n1C(=O)c1ccc(OC(F)F)cc1. The highest BCUT2D eigenvalue weighted by Crippen LogP contribution is 2.36. The third kappa shape index (κ3) is 16.1. The minimum atomic E-state index is -2.96. The van der Waals surface area contributed by atoms with Crippen LogP contribution in [0.2, 0.25) is 20.1 Å². The van der Waals surface area contributed by atoms with Crippen LogP contribution in [0.5, 0.6) is 28.7 Å². The van der Waals surface area contributed by atoms with Crippen LogP contribution in [0.3, 0.4) is 0 Å². The molecule has 0 aliphatic rings. The van der Waals surface area contributed by atoms with E-state index >= 15 is 0 Å². The molecule has 0 spiro atoms. The van der Waals surface area contributed by atoms with Gasteiger partial charge in [0.25, 0.3) is 23.6 Å². The summed E-state index contributed by atoms with van der Waals surface area (Å²) in [5.41, 5.74) is 6.61. The number of nitrogens with zero attached hydrogens (tertiary/aromatic N) is 4. The summed E-state index contributed by atoms with van der Waals surface area (Å²) >= 11 is 23.6. The molecule has 0 unspecified atom stereocenters. The number of aromatic hydroxyl groups is 4. The second-order valence-corrected chi connectivity index (χ2v) is 24.3. The lowest BCUT2D eigenvalue weighted by Crippen LogP contribution is -2.14. The number of rotatable bonds is 14. The first-order chi connectivity index (χ1) is 47.7. The standard InChI is InChI=1S/C19H15F2NO5.C18H13Cl2NO4.C18H13ClFNO4.C18H14ClNO4/c1-10-14(9-17(24)25)15-8-12(23)4-7-16(15)22(10)18(26)11-2-5-13(6-3-11)27-19(20)21;1-9-12(8-17(23)24)13-7-11(22)3-5-16(13)21(9)18(25)10-2-4-14(19)15(20)6-10;1-9-12(7-17(23)24)13-6-16(22)14(20)8-15(13)21(9)18(25)10-2-4-11(19)5-3-10;1-10-14(9-17(22)23)15-8-13(21)6-7-16(15)20(10)18(24)11-2-4-12(19)5-3-11/h2-8,19,23H,9H2,1H3,(H,24,25);2-7,22H,8H2,1H3,(H,23,24);2-6,8,22H,7H2,1H3,(H,23,24);2-8,21H,9H2,1H3,(H,22,23). The minimum Gasteiger partial charge on any atom is -0.508 e. The number of carbonyl (C=O) groups excluding carboxylic acids is 4. The molecule has 0 saturated heterocycles. The molecule has 28 heteroatoms. The lowest BCUT2D eigenvalue weighted by atomic mass is 10.1. The second-order valence-electron chi connectivity index (χ2n) is 22.6. The van der Waals surface area contributed by atoms with E-state index in [-0.39, 0.29) is 76.6 Å². The van der Waals surface area contributed by atoms with Gasteiger partial charge >= 0.3 is 30.5 Å². The maximum atomic E-state index is 13.8. The molecule has 0 saturated carbocycles. The van der Waals surface area contributed by atoms with Gasteiger partial charge in [-0.3, -0.25) is 56.6 Å². The van der Waals surface area contributed by atoms with Crippen molar-refractivity contribution in [1.29, 1.82) is 0 Å². The van der Waals surface area contributed by atoms with Crippen molar-refractivity contribution in [3.63, 3.8) is 0 Å². The molecule has 12 aromatic rings. The van der Waals surface area contributed by atoms with Gasteiger partial charge in [0.1, 0.15) is 23.0 Å². The Labute approximate surface area is 589 Å². The van der Waals surface area contributed by atoms with E-state index in [1.54, 1.807) is 82.3 Å². The summed E-state index contributed by atoms with van der Waals surface area (Å²) in [4.78, 5) is 96.4. The third-order valence-electron chi connectivity index (χ3n) is 16.2. The number of halogens is 7. The molecule has 0 aliphatic heterocycles. The van der Waals surface area contributed by atoms with Gasteiger partial charge in [0.2, 0.25) is 0 Å². The van der Waals surface area contributed by atoms with Gasteiger partial charge in [-0.2, -0.15) is 8.78 Å². The van der Waals surface area contributed by atoms with Crippen LogP contribution in [0.4, 0.5) is 13.2 Å². The van der Waals surface area contributed by atoms with Crippen LogP contribution in [0.25, 0.3) is 43.6 Å².